The zero-order valence-electron chi connectivity index (χ0n) is 17.5. The second-order valence-electron chi connectivity index (χ2n) is 6.90. The molecule has 1 amide bonds. The predicted octanol–water partition coefficient (Wildman–Crippen LogP) is 2.35. The fraction of sp³-hybridized carbons (Fsp3) is 0.318. The highest BCUT2D eigenvalue weighted by Gasteiger charge is 2.16. The number of carbonyl (C=O) groups excluding carboxylic acids is 1. The van der Waals surface area contributed by atoms with Crippen LogP contribution in [0.25, 0.3) is 6.08 Å². The number of ether oxygens (including phenoxy) is 2. The number of carbonyl (C=O) groups is 1. The predicted molar refractivity (Wildman–Crippen MR) is 117 cm³/mol. The lowest BCUT2D eigenvalue weighted by atomic mass is 10.1. The van der Waals surface area contributed by atoms with Crippen molar-refractivity contribution in [3.63, 3.8) is 0 Å². The van der Waals surface area contributed by atoms with Gasteiger partial charge in [-0.1, -0.05) is 29.8 Å². The molecule has 0 atom stereocenters. The SMILES string of the molecule is COCCOc1ccc(CCNC(=O)/C=C/c2ccc(C)cc2C)cc1S(N)(=O)=O. The molecule has 0 saturated heterocycles. The number of methoxy groups -OCH3 is 1. The van der Waals surface area contributed by atoms with Crippen molar-refractivity contribution in [3.05, 3.63) is 64.7 Å². The van der Waals surface area contributed by atoms with E-state index in [1.807, 2.05) is 26.0 Å². The largest absolute Gasteiger partial charge is 0.490 e. The molecule has 0 aliphatic carbocycles. The maximum Gasteiger partial charge on any atom is 0.244 e. The summed E-state index contributed by atoms with van der Waals surface area (Å²) in [5, 5.41) is 8.10. The number of rotatable bonds is 10. The topological polar surface area (TPSA) is 108 Å². The zero-order chi connectivity index (χ0) is 22.1. The number of sulfonamides is 1. The van der Waals surface area contributed by atoms with E-state index in [-0.39, 0.29) is 23.2 Å². The third kappa shape index (κ3) is 7.29. The molecule has 7 nitrogen and oxygen atoms in total. The Kier molecular flexibility index (Phi) is 8.58. The maximum atomic E-state index is 12.1. The standard InChI is InChI=1S/C22H28N2O5S/c1-16-4-6-19(17(2)14-16)7-9-22(25)24-11-10-18-5-8-20(29-13-12-28-3)21(15-18)30(23,26)27/h4-9,14-15H,10-13H2,1-3H3,(H,24,25)(H2,23,26,27)/b9-7+. The highest BCUT2D eigenvalue weighted by Crippen LogP contribution is 2.24. The lowest BCUT2D eigenvalue weighted by Crippen LogP contribution is -2.23. The van der Waals surface area contributed by atoms with E-state index in [1.54, 1.807) is 18.2 Å². The zero-order valence-corrected chi connectivity index (χ0v) is 18.3. The Morgan fingerprint density at radius 2 is 1.90 bits per heavy atom. The van der Waals surface area contributed by atoms with Gasteiger partial charge in [0.2, 0.25) is 15.9 Å². The minimum absolute atomic E-state index is 0.0860. The molecule has 0 bridgehead atoms. The first kappa shape index (κ1) is 23.6. The van der Waals surface area contributed by atoms with Crippen molar-refractivity contribution in [3.8, 4) is 5.75 Å². The van der Waals surface area contributed by atoms with E-state index in [2.05, 4.69) is 11.4 Å². The first-order valence-corrected chi connectivity index (χ1v) is 11.1. The highest BCUT2D eigenvalue weighted by molar-refractivity contribution is 7.89. The average molecular weight is 433 g/mol. The van der Waals surface area contributed by atoms with E-state index < -0.39 is 10.0 Å². The van der Waals surface area contributed by atoms with E-state index >= 15 is 0 Å². The summed E-state index contributed by atoms with van der Waals surface area (Å²) in [7, 11) is -2.42. The molecule has 8 heteroatoms. The van der Waals surface area contributed by atoms with Gasteiger partial charge in [0.1, 0.15) is 17.3 Å². The van der Waals surface area contributed by atoms with E-state index in [0.717, 1.165) is 16.7 Å². The summed E-state index contributed by atoms with van der Waals surface area (Å²) in [6.07, 6.45) is 3.71. The molecule has 0 aromatic heterocycles. The van der Waals surface area contributed by atoms with Gasteiger partial charge in [-0.15, -0.1) is 0 Å². The van der Waals surface area contributed by atoms with Crippen LogP contribution in [0.1, 0.15) is 22.3 Å². The van der Waals surface area contributed by atoms with Gasteiger partial charge in [0.15, 0.2) is 0 Å². The molecule has 2 aromatic rings. The molecule has 2 aromatic carbocycles. The molecular weight excluding hydrogens is 404 g/mol. The van der Waals surface area contributed by atoms with Crippen molar-refractivity contribution >= 4 is 22.0 Å². The summed E-state index contributed by atoms with van der Waals surface area (Å²) < 4.78 is 34.1. The molecule has 0 saturated carbocycles. The minimum atomic E-state index is -3.95. The summed E-state index contributed by atoms with van der Waals surface area (Å²) >= 11 is 0. The molecular formula is C22H28N2O5S. The Morgan fingerprint density at radius 3 is 2.57 bits per heavy atom. The van der Waals surface area contributed by atoms with Gasteiger partial charge in [0.25, 0.3) is 0 Å². The second-order valence-corrected chi connectivity index (χ2v) is 8.43. The summed E-state index contributed by atoms with van der Waals surface area (Å²) in [6, 6.07) is 10.8. The van der Waals surface area contributed by atoms with Gasteiger partial charge < -0.3 is 14.8 Å². The van der Waals surface area contributed by atoms with Crippen molar-refractivity contribution in [1.29, 1.82) is 0 Å². The number of nitrogens with two attached hydrogens (primary N) is 1. The van der Waals surface area contributed by atoms with Gasteiger partial charge in [0, 0.05) is 19.7 Å². The van der Waals surface area contributed by atoms with E-state index in [1.165, 1.54) is 24.8 Å². The first-order chi connectivity index (χ1) is 14.2. The number of hydrogen-bond donors (Lipinski definition) is 2. The van der Waals surface area contributed by atoms with Gasteiger partial charge in [0.05, 0.1) is 6.61 Å². The normalized spacial score (nSPS) is 11.6. The van der Waals surface area contributed by atoms with Crippen LogP contribution in [0.2, 0.25) is 0 Å². The van der Waals surface area contributed by atoms with Crippen molar-refractivity contribution < 1.29 is 22.7 Å². The second kappa shape index (κ2) is 10.9. The van der Waals surface area contributed by atoms with Gasteiger partial charge in [-0.3, -0.25) is 4.79 Å². The van der Waals surface area contributed by atoms with E-state index in [4.69, 9.17) is 14.6 Å². The molecule has 0 unspecified atom stereocenters. The Labute approximate surface area is 177 Å². The van der Waals surface area contributed by atoms with Crippen LogP contribution < -0.4 is 15.2 Å². The molecule has 0 heterocycles. The van der Waals surface area contributed by atoms with Gasteiger partial charge in [-0.2, -0.15) is 0 Å². The number of nitrogens with one attached hydrogen (secondary N) is 1. The van der Waals surface area contributed by atoms with Gasteiger partial charge >= 0.3 is 0 Å². The smallest absolute Gasteiger partial charge is 0.244 e. The lowest BCUT2D eigenvalue weighted by molar-refractivity contribution is -0.116. The number of benzene rings is 2. The quantitative estimate of drug-likeness (QED) is 0.443. The van der Waals surface area contributed by atoms with Gasteiger partial charge in [-0.05, 0) is 55.2 Å². The Morgan fingerprint density at radius 1 is 1.13 bits per heavy atom. The molecule has 3 N–H and O–H groups in total. The monoisotopic (exact) mass is 432 g/mol. The minimum Gasteiger partial charge on any atom is -0.490 e. The van der Waals surface area contributed by atoms with E-state index in [0.29, 0.717) is 19.6 Å². The number of hydrogen-bond acceptors (Lipinski definition) is 5. The lowest BCUT2D eigenvalue weighted by Gasteiger charge is -2.12. The summed E-state index contributed by atoms with van der Waals surface area (Å²) in [5.41, 5.74) is 3.97. The summed E-state index contributed by atoms with van der Waals surface area (Å²) in [4.78, 5) is 12.0. The van der Waals surface area contributed by atoms with Crippen LogP contribution in [0.4, 0.5) is 0 Å². The van der Waals surface area contributed by atoms with Crippen molar-refractivity contribution in [1.82, 2.24) is 5.32 Å². The van der Waals surface area contributed by atoms with Crippen LogP contribution in [0.15, 0.2) is 47.4 Å². The third-order valence-electron chi connectivity index (χ3n) is 4.41. The van der Waals surface area contributed by atoms with Crippen LogP contribution in [0, 0.1) is 13.8 Å². The van der Waals surface area contributed by atoms with Crippen molar-refractivity contribution in [2.24, 2.45) is 5.14 Å². The molecule has 0 aliphatic heterocycles. The summed E-state index contributed by atoms with van der Waals surface area (Å²) in [5.74, 6) is -0.0418. The molecule has 0 aliphatic rings. The van der Waals surface area contributed by atoms with Crippen molar-refractivity contribution in [2.75, 3.05) is 26.9 Å². The Hall–Kier alpha value is -2.68. The van der Waals surface area contributed by atoms with Gasteiger partial charge in [-0.25, -0.2) is 13.6 Å². The fourth-order valence-corrected chi connectivity index (χ4v) is 3.57. The molecule has 2 rings (SSSR count). The van der Waals surface area contributed by atoms with Crippen molar-refractivity contribution in [2.45, 2.75) is 25.2 Å². The molecule has 0 spiro atoms. The molecule has 162 valence electrons. The molecule has 0 fully saturated rings. The summed E-state index contributed by atoms with van der Waals surface area (Å²) in [6.45, 7) is 4.90. The Bertz CT molecular complexity index is 1020. The fourth-order valence-electron chi connectivity index (χ4n) is 2.85. The average Bonchev–Trinajstić information content (AvgIpc) is 2.67. The Balaban J connectivity index is 1.96. The first-order valence-electron chi connectivity index (χ1n) is 9.51. The van der Waals surface area contributed by atoms with Crippen LogP contribution in [-0.4, -0.2) is 41.2 Å². The van der Waals surface area contributed by atoms with E-state index in [9.17, 15) is 13.2 Å². The number of primary sulfonamides is 1. The van der Waals surface area contributed by atoms with Crippen LogP contribution in [0.3, 0.4) is 0 Å². The molecule has 30 heavy (non-hydrogen) atoms. The van der Waals surface area contributed by atoms with Crippen LogP contribution in [-0.2, 0) is 26.0 Å². The maximum absolute atomic E-state index is 12.1. The number of aryl methyl sites for hydroxylation is 2. The van der Waals surface area contributed by atoms with Crippen LogP contribution in [0.5, 0.6) is 5.75 Å². The molecule has 0 radical (unpaired) electrons. The highest BCUT2D eigenvalue weighted by atomic mass is 32.2. The van der Waals surface area contributed by atoms with Crippen LogP contribution >= 0.6 is 0 Å². The third-order valence-corrected chi connectivity index (χ3v) is 5.34. The number of amides is 1.